The lowest BCUT2D eigenvalue weighted by Crippen LogP contribution is -2.48. The van der Waals surface area contributed by atoms with Crippen LogP contribution in [0.2, 0.25) is 0 Å². The summed E-state index contributed by atoms with van der Waals surface area (Å²) in [6, 6.07) is 6.76. The Balaban J connectivity index is 2.12. The summed E-state index contributed by atoms with van der Waals surface area (Å²) in [5.74, 6) is -1.14. The van der Waals surface area contributed by atoms with Crippen LogP contribution in [0.15, 0.2) is 24.3 Å². The van der Waals surface area contributed by atoms with E-state index in [0.717, 1.165) is 24.9 Å². The van der Waals surface area contributed by atoms with E-state index in [0.29, 0.717) is 6.54 Å². The Hall–Kier alpha value is -1.88. The highest BCUT2D eigenvalue weighted by Gasteiger charge is 2.43. The van der Waals surface area contributed by atoms with Crippen LogP contribution in [-0.2, 0) is 16.1 Å². The summed E-state index contributed by atoms with van der Waals surface area (Å²) < 4.78 is 4.90. The van der Waals surface area contributed by atoms with E-state index in [9.17, 15) is 9.59 Å². The molecule has 0 amide bonds. The number of esters is 1. The third-order valence-corrected chi connectivity index (χ3v) is 3.99. The zero-order chi connectivity index (χ0) is 14.8. The van der Waals surface area contributed by atoms with Crippen molar-refractivity contribution in [3.8, 4) is 0 Å². The molecular weight excluding hydrogens is 258 g/mol. The van der Waals surface area contributed by atoms with Crippen LogP contribution in [0, 0.1) is 0 Å². The third kappa shape index (κ3) is 2.67. The number of hydrogen-bond acceptors (Lipinski definition) is 4. The molecule has 5 nitrogen and oxygen atoms in total. The Kier molecular flexibility index (Phi) is 4.09. The van der Waals surface area contributed by atoms with Gasteiger partial charge in [0.1, 0.15) is 5.54 Å². The second-order valence-corrected chi connectivity index (χ2v) is 5.29. The zero-order valence-electron chi connectivity index (χ0n) is 11.8. The Labute approximate surface area is 118 Å². The van der Waals surface area contributed by atoms with Crippen molar-refractivity contribution in [1.29, 1.82) is 0 Å². The van der Waals surface area contributed by atoms with Gasteiger partial charge in [0, 0.05) is 6.54 Å². The van der Waals surface area contributed by atoms with Gasteiger partial charge in [-0.1, -0.05) is 12.1 Å². The molecule has 1 aromatic rings. The molecule has 1 aliphatic heterocycles. The number of ether oxygens (including phenoxy) is 1. The van der Waals surface area contributed by atoms with Crippen molar-refractivity contribution >= 4 is 11.9 Å². The summed E-state index contributed by atoms with van der Waals surface area (Å²) in [5.41, 5.74) is 0.679. The van der Waals surface area contributed by atoms with Gasteiger partial charge in [0.25, 0.3) is 0 Å². The van der Waals surface area contributed by atoms with Crippen molar-refractivity contribution < 1.29 is 19.4 Å². The summed E-state index contributed by atoms with van der Waals surface area (Å²) in [6.45, 7) is 3.36. The van der Waals surface area contributed by atoms with Crippen LogP contribution in [-0.4, -0.2) is 41.1 Å². The molecule has 0 radical (unpaired) electrons. The second-order valence-electron chi connectivity index (χ2n) is 5.29. The molecule has 0 aromatic heterocycles. The highest BCUT2D eigenvalue weighted by atomic mass is 16.5. The Morgan fingerprint density at radius 3 is 2.55 bits per heavy atom. The van der Waals surface area contributed by atoms with Gasteiger partial charge in [0.15, 0.2) is 0 Å². The molecular formula is C15H19NO4. The molecule has 1 saturated heterocycles. The predicted octanol–water partition coefficient (Wildman–Crippen LogP) is 1.91. The van der Waals surface area contributed by atoms with Crippen LogP contribution in [0.1, 0.15) is 35.7 Å². The van der Waals surface area contributed by atoms with E-state index in [2.05, 4.69) is 4.90 Å². The Morgan fingerprint density at radius 2 is 2.00 bits per heavy atom. The number of benzene rings is 1. The quantitative estimate of drug-likeness (QED) is 0.852. The standard InChI is InChI=1S/C15H19NO4/c1-15(14(19)20-2)8-3-9-16(15)10-11-4-6-12(7-5-11)13(17)18/h4-7H,3,8-10H2,1-2H3,(H,17,18). The molecule has 5 heteroatoms. The predicted molar refractivity (Wildman–Crippen MR) is 73.5 cm³/mol. The van der Waals surface area contributed by atoms with E-state index in [1.54, 1.807) is 24.3 Å². The minimum Gasteiger partial charge on any atom is -0.478 e. The van der Waals surface area contributed by atoms with Gasteiger partial charge in [-0.25, -0.2) is 4.79 Å². The molecule has 0 spiro atoms. The topological polar surface area (TPSA) is 66.8 Å². The van der Waals surface area contributed by atoms with E-state index in [1.165, 1.54) is 7.11 Å². The van der Waals surface area contributed by atoms with E-state index >= 15 is 0 Å². The zero-order valence-corrected chi connectivity index (χ0v) is 11.8. The maximum Gasteiger partial charge on any atom is 0.335 e. The number of carboxylic acid groups (broad SMARTS) is 1. The maximum absolute atomic E-state index is 11.9. The lowest BCUT2D eigenvalue weighted by Gasteiger charge is -2.32. The molecule has 1 unspecified atom stereocenters. The van der Waals surface area contributed by atoms with Crippen molar-refractivity contribution in [2.75, 3.05) is 13.7 Å². The van der Waals surface area contributed by atoms with Gasteiger partial charge in [-0.3, -0.25) is 9.69 Å². The van der Waals surface area contributed by atoms with Gasteiger partial charge in [0.2, 0.25) is 0 Å². The fraction of sp³-hybridized carbons (Fsp3) is 0.467. The normalized spacial score (nSPS) is 22.7. The van der Waals surface area contributed by atoms with Gasteiger partial charge in [0.05, 0.1) is 12.7 Å². The Morgan fingerprint density at radius 1 is 1.35 bits per heavy atom. The first-order valence-corrected chi connectivity index (χ1v) is 6.63. The smallest absolute Gasteiger partial charge is 0.335 e. The van der Waals surface area contributed by atoms with Crippen LogP contribution in [0.5, 0.6) is 0 Å². The van der Waals surface area contributed by atoms with Crippen molar-refractivity contribution in [1.82, 2.24) is 4.90 Å². The molecule has 0 saturated carbocycles. The molecule has 1 atom stereocenters. The lowest BCUT2D eigenvalue weighted by molar-refractivity contribution is -0.152. The van der Waals surface area contributed by atoms with Gasteiger partial charge < -0.3 is 9.84 Å². The number of rotatable bonds is 4. The highest BCUT2D eigenvalue weighted by Crippen LogP contribution is 2.31. The SMILES string of the molecule is COC(=O)C1(C)CCCN1Cc1ccc(C(=O)O)cc1. The third-order valence-electron chi connectivity index (χ3n) is 3.99. The fourth-order valence-electron chi connectivity index (χ4n) is 2.70. The Bertz CT molecular complexity index is 511. The maximum atomic E-state index is 11.9. The second kappa shape index (κ2) is 5.63. The monoisotopic (exact) mass is 277 g/mol. The van der Waals surface area contributed by atoms with Crippen LogP contribution < -0.4 is 0 Å². The van der Waals surface area contributed by atoms with Gasteiger partial charge in [-0.05, 0) is 44.0 Å². The van der Waals surface area contributed by atoms with Gasteiger partial charge in [-0.2, -0.15) is 0 Å². The van der Waals surface area contributed by atoms with Crippen molar-refractivity contribution in [2.45, 2.75) is 31.8 Å². The number of aromatic carboxylic acids is 1. The molecule has 20 heavy (non-hydrogen) atoms. The average molecular weight is 277 g/mol. The molecule has 0 bridgehead atoms. The first-order chi connectivity index (χ1) is 9.47. The number of likely N-dealkylation sites (tertiary alicyclic amines) is 1. The van der Waals surface area contributed by atoms with E-state index in [4.69, 9.17) is 9.84 Å². The summed E-state index contributed by atoms with van der Waals surface area (Å²) >= 11 is 0. The highest BCUT2D eigenvalue weighted by molar-refractivity contribution is 5.87. The van der Waals surface area contributed by atoms with E-state index in [1.807, 2.05) is 6.92 Å². The molecule has 1 aromatic carbocycles. The van der Waals surface area contributed by atoms with Crippen molar-refractivity contribution in [3.05, 3.63) is 35.4 Å². The van der Waals surface area contributed by atoms with Crippen molar-refractivity contribution in [3.63, 3.8) is 0 Å². The van der Waals surface area contributed by atoms with Gasteiger partial charge in [-0.15, -0.1) is 0 Å². The molecule has 0 aliphatic carbocycles. The molecule has 1 aliphatic rings. The minimum absolute atomic E-state index is 0.211. The van der Waals surface area contributed by atoms with Crippen molar-refractivity contribution in [2.24, 2.45) is 0 Å². The number of carbonyl (C=O) groups is 2. The van der Waals surface area contributed by atoms with Crippen LogP contribution >= 0.6 is 0 Å². The van der Waals surface area contributed by atoms with Gasteiger partial charge >= 0.3 is 11.9 Å². The van der Waals surface area contributed by atoms with E-state index in [-0.39, 0.29) is 11.5 Å². The summed E-state index contributed by atoms with van der Waals surface area (Å²) in [5, 5.41) is 8.88. The number of hydrogen-bond donors (Lipinski definition) is 1. The van der Waals surface area contributed by atoms with Crippen LogP contribution in [0.25, 0.3) is 0 Å². The lowest BCUT2D eigenvalue weighted by atomic mass is 9.98. The molecule has 2 rings (SSSR count). The number of carbonyl (C=O) groups excluding carboxylic acids is 1. The number of carboxylic acids is 1. The molecule has 1 N–H and O–H groups in total. The summed E-state index contributed by atoms with van der Waals surface area (Å²) in [6.07, 6.45) is 1.74. The van der Waals surface area contributed by atoms with Crippen LogP contribution in [0.3, 0.4) is 0 Å². The van der Waals surface area contributed by atoms with E-state index < -0.39 is 11.5 Å². The number of nitrogens with zero attached hydrogens (tertiary/aromatic N) is 1. The minimum atomic E-state index is -0.933. The molecule has 108 valence electrons. The van der Waals surface area contributed by atoms with Crippen LogP contribution in [0.4, 0.5) is 0 Å². The number of methoxy groups -OCH3 is 1. The average Bonchev–Trinajstić information content (AvgIpc) is 2.81. The largest absolute Gasteiger partial charge is 0.478 e. The summed E-state index contributed by atoms with van der Waals surface area (Å²) in [4.78, 5) is 24.8. The first kappa shape index (κ1) is 14.5. The molecule has 1 fully saturated rings. The first-order valence-electron chi connectivity index (χ1n) is 6.63. The molecule has 1 heterocycles. The fourth-order valence-corrected chi connectivity index (χ4v) is 2.70. The summed E-state index contributed by atoms with van der Waals surface area (Å²) in [7, 11) is 1.41.